The molecule has 0 radical (unpaired) electrons. The van der Waals surface area contributed by atoms with Gasteiger partial charge in [-0.1, -0.05) is 12.1 Å². The van der Waals surface area contributed by atoms with Gasteiger partial charge in [-0.2, -0.15) is 0 Å². The Morgan fingerprint density at radius 3 is 2.19 bits per heavy atom. The Bertz CT molecular complexity index is 878. The van der Waals surface area contributed by atoms with Crippen molar-refractivity contribution in [2.75, 3.05) is 62.5 Å². The topological polar surface area (TPSA) is 38.8 Å². The average molecular weight is 461 g/mol. The van der Waals surface area contributed by atoms with Crippen LogP contribution in [0.4, 0.5) is 15.8 Å². The summed E-state index contributed by atoms with van der Waals surface area (Å²) >= 11 is 6.00. The highest BCUT2D eigenvalue weighted by molar-refractivity contribution is 6.19. The smallest absolute Gasteiger partial charge is 0.226 e. The van der Waals surface area contributed by atoms with E-state index in [0.29, 0.717) is 6.54 Å². The summed E-state index contributed by atoms with van der Waals surface area (Å²) in [7, 11) is 4.05. The molecule has 5 nitrogen and oxygen atoms in total. The van der Waals surface area contributed by atoms with Crippen LogP contribution in [0.3, 0.4) is 0 Å². The normalized spacial score (nSPS) is 16.0. The first-order valence-electron chi connectivity index (χ1n) is 11.1. The number of amides is 1. The number of piperazine rings is 1. The molecule has 1 amide bonds. The van der Waals surface area contributed by atoms with Crippen molar-refractivity contribution >= 4 is 28.9 Å². The Morgan fingerprint density at radius 2 is 1.66 bits per heavy atom. The number of anilines is 2. The fourth-order valence-electron chi connectivity index (χ4n) is 3.89. The van der Waals surface area contributed by atoms with E-state index in [2.05, 4.69) is 44.3 Å². The van der Waals surface area contributed by atoms with Gasteiger partial charge in [-0.25, -0.2) is 4.39 Å². The molecule has 0 unspecified atom stereocenters. The molecule has 32 heavy (non-hydrogen) atoms. The van der Waals surface area contributed by atoms with Crippen molar-refractivity contribution < 1.29 is 9.18 Å². The molecule has 1 N–H and O–H groups in total. The van der Waals surface area contributed by atoms with E-state index >= 15 is 0 Å². The maximum absolute atomic E-state index is 13.3. The first-order valence-corrected chi connectivity index (χ1v) is 11.6. The molecule has 0 spiro atoms. The van der Waals surface area contributed by atoms with Crippen molar-refractivity contribution in [2.24, 2.45) is 5.41 Å². The molecular weight excluding hydrogens is 427 g/mol. The van der Waals surface area contributed by atoms with Gasteiger partial charge in [0.2, 0.25) is 5.91 Å². The van der Waals surface area contributed by atoms with E-state index in [1.54, 1.807) is 0 Å². The van der Waals surface area contributed by atoms with E-state index in [9.17, 15) is 9.18 Å². The monoisotopic (exact) mass is 460 g/mol. The van der Waals surface area contributed by atoms with Gasteiger partial charge in [0, 0.05) is 64.1 Å². The average Bonchev–Trinajstić information content (AvgIpc) is 2.80. The SMILES string of the molecule is CN(C)c1ccc([C@@H](CNC(=O)C(C)(C)CCl)N2CCN(c3ccc(F)cc3)CC2)cc1. The minimum absolute atomic E-state index is 0.0349. The molecule has 1 atom stereocenters. The molecule has 7 heteroatoms. The molecular formula is C25H34ClFN4O. The van der Waals surface area contributed by atoms with E-state index in [1.165, 1.54) is 17.7 Å². The Morgan fingerprint density at radius 1 is 1.06 bits per heavy atom. The predicted molar refractivity (Wildman–Crippen MR) is 131 cm³/mol. The van der Waals surface area contributed by atoms with Crippen molar-refractivity contribution in [2.45, 2.75) is 19.9 Å². The number of benzene rings is 2. The Hall–Kier alpha value is -2.31. The fourth-order valence-corrected chi connectivity index (χ4v) is 4.01. The molecule has 2 aromatic carbocycles. The fraction of sp³-hybridized carbons (Fsp3) is 0.480. The van der Waals surface area contributed by atoms with Crippen LogP contribution in [0.5, 0.6) is 0 Å². The van der Waals surface area contributed by atoms with Crippen molar-refractivity contribution in [3.05, 3.63) is 59.9 Å². The molecule has 1 aliphatic heterocycles. The standard InChI is InChI=1S/C25H34ClFN4O/c1-25(2,18-26)24(32)28-17-23(19-5-9-21(10-6-19)29(3)4)31-15-13-30(14-16-31)22-11-7-20(27)8-12-22/h5-12,23H,13-18H2,1-4H3,(H,28,32)/t23-/m1/s1. The molecule has 1 aliphatic rings. The third-order valence-corrected chi connectivity index (χ3v) is 6.81. The largest absolute Gasteiger partial charge is 0.378 e. The molecule has 1 heterocycles. The molecule has 174 valence electrons. The second-order valence-electron chi connectivity index (χ2n) is 9.23. The lowest BCUT2D eigenvalue weighted by Crippen LogP contribution is -2.50. The van der Waals surface area contributed by atoms with Gasteiger partial charge in [0.05, 0.1) is 11.5 Å². The molecule has 0 saturated carbocycles. The lowest BCUT2D eigenvalue weighted by Gasteiger charge is -2.41. The minimum atomic E-state index is -0.609. The van der Waals surface area contributed by atoms with E-state index in [4.69, 9.17) is 11.6 Å². The molecule has 0 bridgehead atoms. The van der Waals surface area contributed by atoms with Crippen LogP contribution in [0.2, 0.25) is 0 Å². The van der Waals surface area contributed by atoms with E-state index in [-0.39, 0.29) is 23.6 Å². The van der Waals surface area contributed by atoms with E-state index in [0.717, 1.165) is 37.6 Å². The number of rotatable bonds is 8. The van der Waals surface area contributed by atoms with Gasteiger partial charge in [0.15, 0.2) is 0 Å². The van der Waals surface area contributed by atoms with Crippen LogP contribution >= 0.6 is 11.6 Å². The third-order valence-electron chi connectivity index (χ3n) is 6.15. The Kier molecular flexibility index (Phi) is 8.01. The van der Waals surface area contributed by atoms with E-state index < -0.39 is 5.41 Å². The van der Waals surface area contributed by atoms with Crippen molar-refractivity contribution in [1.82, 2.24) is 10.2 Å². The number of nitrogens with zero attached hydrogens (tertiary/aromatic N) is 3. The van der Waals surface area contributed by atoms with Gasteiger partial charge in [0.25, 0.3) is 0 Å². The Balaban J connectivity index is 1.73. The summed E-state index contributed by atoms with van der Waals surface area (Å²) in [5, 5.41) is 3.13. The quantitative estimate of drug-likeness (QED) is 0.601. The summed E-state index contributed by atoms with van der Waals surface area (Å²) in [6.07, 6.45) is 0. The predicted octanol–water partition coefficient (Wildman–Crippen LogP) is 4.14. The van der Waals surface area contributed by atoms with Crippen LogP contribution in [0.15, 0.2) is 48.5 Å². The zero-order chi connectivity index (χ0) is 23.3. The molecule has 0 aliphatic carbocycles. The van der Waals surface area contributed by atoms with Crippen LogP contribution in [0, 0.1) is 11.2 Å². The lowest BCUT2D eigenvalue weighted by atomic mass is 9.94. The zero-order valence-corrected chi connectivity index (χ0v) is 20.2. The number of hydrogen-bond acceptors (Lipinski definition) is 4. The second kappa shape index (κ2) is 10.5. The number of nitrogens with one attached hydrogen (secondary N) is 1. The summed E-state index contributed by atoms with van der Waals surface area (Å²) in [5.41, 5.74) is 2.74. The Labute approximate surface area is 196 Å². The summed E-state index contributed by atoms with van der Waals surface area (Å²) in [4.78, 5) is 19.4. The van der Waals surface area contributed by atoms with Gasteiger partial charge in [0.1, 0.15) is 5.82 Å². The second-order valence-corrected chi connectivity index (χ2v) is 9.50. The first-order chi connectivity index (χ1) is 15.2. The van der Waals surface area contributed by atoms with Gasteiger partial charge in [-0.05, 0) is 55.8 Å². The van der Waals surface area contributed by atoms with Gasteiger partial charge < -0.3 is 15.1 Å². The van der Waals surface area contributed by atoms with E-state index in [1.807, 2.05) is 40.1 Å². The van der Waals surface area contributed by atoms with Crippen LogP contribution in [0.1, 0.15) is 25.5 Å². The molecule has 0 aromatic heterocycles. The van der Waals surface area contributed by atoms with Crippen LogP contribution in [-0.2, 0) is 4.79 Å². The number of hydrogen-bond donors (Lipinski definition) is 1. The highest BCUT2D eigenvalue weighted by Gasteiger charge is 2.30. The molecule has 1 fully saturated rings. The van der Waals surface area contributed by atoms with Crippen LogP contribution < -0.4 is 15.1 Å². The summed E-state index contributed by atoms with van der Waals surface area (Å²) in [6, 6.07) is 15.3. The maximum Gasteiger partial charge on any atom is 0.226 e. The van der Waals surface area contributed by atoms with Crippen molar-refractivity contribution in [1.29, 1.82) is 0 Å². The van der Waals surface area contributed by atoms with Crippen molar-refractivity contribution in [3.8, 4) is 0 Å². The number of carbonyl (C=O) groups is 1. The number of halogens is 2. The van der Waals surface area contributed by atoms with Crippen molar-refractivity contribution in [3.63, 3.8) is 0 Å². The molecule has 3 rings (SSSR count). The number of carbonyl (C=O) groups excluding carboxylic acids is 1. The van der Waals surface area contributed by atoms with Crippen LogP contribution in [0.25, 0.3) is 0 Å². The summed E-state index contributed by atoms with van der Waals surface area (Å²) in [5.74, 6) is 0.0220. The summed E-state index contributed by atoms with van der Waals surface area (Å²) in [6.45, 7) is 7.64. The summed E-state index contributed by atoms with van der Waals surface area (Å²) < 4.78 is 13.3. The molecule has 1 saturated heterocycles. The van der Waals surface area contributed by atoms with Gasteiger partial charge >= 0.3 is 0 Å². The zero-order valence-electron chi connectivity index (χ0n) is 19.4. The highest BCUT2D eigenvalue weighted by atomic mass is 35.5. The van der Waals surface area contributed by atoms with Gasteiger partial charge in [-0.3, -0.25) is 9.69 Å². The highest BCUT2D eigenvalue weighted by Crippen LogP contribution is 2.26. The molecule has 2 aromatic rings. The third kappa shape index (κ3) is 5.93. The van der Waals surface area contributed by atoms with Crippen LogP contribution in [-0.4, -0.2) is 63.5 Å². The minimum Gasteiger partial charge on any atom is -0.378 e. The lowest BCUT2D eigenvalue weighted by molar-refractivity contribution is -0.128. The van der Waals surface area contributed by atoms with Gasteiger partial charge in [-0.15, -0.1) is 11.6 Å². The number of alkyl halides is 1. The maximum atomic E-state index is 13.3. The first kappa shape index (κ1) is 24.3.